The van der Waals surface area contributed by atoms with E-state index in [1.165, 1.54) is 31.2 Å². The highest BCUT2D eigenvalue weighted by Crippen LogP contribution is 2.62. The zero-order valence-electron chi connectivity index (χ0n) is 17.9. The van der Waals surface area contributed by atoms with Crippen molar-refractivity contribution in [1.29, 1.82) is 0 Å². The number of para-hydroxylation sites is 1. The number of carbonyl (C=O) groups excluding carboxylic acids is 1. The molecule has 1 spiro atoms. The first-order valence-electron chi connectivity index (χ1n) is 11.5. The summed E-state index contributed by atoms with van der Waals surface area (Å²) in [5.74, 6) is 1.89. The van der Waals surface area contributed by atoms with Crippen LogP contribution in [0.15, 0.2) is 54.6 Å². The summed E-state index contributed by atoms with van der Waals surface area (Å²) in [6.07, 6.45) is 8.10. The van der Waals surface area contributed by atoms with Gasteiger partial charge in [-0.05, 0) is 55.2 Å². The van der Waals surface area contributed by atoms with Crippen molar-refractivity contribution >= 4 is 22.6 Å². The van der Waals surface area contributed by atoms with Crippen LogP contribution in [0.3, 0.4) is 0 Å². The molecular weight excluding hydrogens is 384 g/mol. The van der Waals surface area contributed by atoms with Gasteiger partial charge in [-0.15, -0.1) is 0 Å². The second-order valence-corrected chi connectivity index (χ2v) is 9.07. The van der Waals surface area contributed by atoms with Crippen LogP contribution in [-0.2, 0) is 17.8 Å². The largest absolute Gasteiger partial charge is 0.369 e. The number of amides is 1. The van der Waals surface area contributed by atoms with E-state index in [1.54, 1.807) is 0 Å². The van der Waals surface area contributed by atoms with Crippen LogP contribution in [0, 0.1) is 11.3 Å². The molecule has 1 amide bonds. The highest BCUT2D eigenvalue weighted by molar-refractivity contribution is 5.89. The molecule has 160 valence electrons. The van der Waals surface area contributed by atoms with Crippen molar-refractivity contribution in [1.82, 2.24) is 15.3 Å². The van der Waals surface area contributed by atoms with Crippen molar-refractivity contribution in [3.8, 4) is 0 Å². The summed E-state index contributed by atoms with van der Waals surface area (Å²) < 4.78 is 0. The molecule has 1 heterocycles. The first kappa shape index (κ1) is 20.0. The summed E-state index contributed by atoms with van der Waals surface area (Å²) >= 11 is 0. The fraction of sp³-hybridized carbons (Fsp3) is 0.423. The Hall–Kier alpha value is -2.95. The van der Waals surface area contributed by atoms with Crippen LogP contribution in [0.1, 0.15) is 49.9 Å². The molecule has 5 heteroatoms. The number of rotatable bonds is 8. The summed E-state index contributed by atoms with van der Waals surface area (Å²) in [7, 11) is 0. The van der Waals surface area contributed by atoms with E-state index in [-0.39, 0.29) is 11.8 Å². The fourth-order valence-electron chi connectivity index (χ4n) is 5.12. The van der Waals surface area contributed by atoms with Gasteiger partial charge in [0.05, 0.1) is 12.1 Å². The lowest BCUT2D eigenvalue weighted by molar-refractivity contribution is -0.123. The molecule has 2 fully saturated rings. The molecule has 0 saturated heterocycles. The number of anilines is 1. The van der Waals surface area contributed by atoms with Gasteiger partial charge in [0, 0.05) is 17.8 Å². The Morgan fingerprint density at radius 3 is 2.61 bits per heavy atom. The molecule has 0 bridgehead atoms. The van der Waals surface area contributed by atoms with Crippen molar-refractivity contribution in [2.45, 2.75) is 51.5 Å². The molecule has 0 aliphatic heterocycles. The molecule has 3 aromatic rings. The SMILES string of the molecule is O=C(NCc1nc(NCCCc2ccccc2)c2ccccc2n1)[C@H]1CC12CCCC2. The minimum atomic E-state index is 0.177. The summed E-state index contributed by atoms with van der Waals surface area (Å²) in [4.78, 5) is 22.1. The number of nitrogens with one attached hydrogen (secondary N) is 2. The molecule has 0 radical (unpaired) electrons. The van der Waals surface area contributed by atoms with E-state index in [9.17, 15) is 4.79 Å². The molecule has 2 N–H and O–H groups in total. The number of fused-ring (bicyclic) bond motifs is 1. The van der Waals surface area contributed by atoms with E-state index in [1.807, 2.05) is 30.3 Å². The van der Waals surface area contributed by atoms with Gasteiger partial charge in [0.15, 0.2) is 5.82 Å². The Kier molecular flexibility index (Phi) is 5.58. The Morgan fingerprint density at radius 1 is 1.00 bits per heavy atom. The van der Waals surface area contributed by atoms with Crippen LogP contribution in [0.25, 0.3) is 10.9 Å². The van der Waals surface area contributed by atoms with Crippen molar-refractivity contribution < 1.29 is 4.79 Å². The molecule has 5 nitrogen and oxygen atoms in total. The minimum absolute atomic E-state index is 0.177. The van der Waals surface area contributed by atoms with Gasteiger partial charge in [-0.25, -0.2) is 9.97 Å². The third-order valence-electron chi connectivity index (χ3n) is 6.95. The molecule has 1 atom stereocenters. The van der Waals surface area contributed by atoms with Crippen molar-refractivity contribution in [3.05, 3.63) is 66.0 Å². The molecule has 2 aliphatic carbocycles. The maximum Gasteiger partial charge on any atom is 0.224 e. The van der Waals surface area contributed by atoms with Gasteiger partial charge >= 0.3 is 0 Å². The number of hydrogen-bond donors (Lipinski definition) is 2. The average molecular weight is 415 g/mol. The van der Waals surface area contributed by atoms with Crippen LogP contribution in [0.5, 0.6) is 0 Å². The average Bonchev–Trinajstić information content (AvgIpc) is 3.31. The van der Waals surface area contributed by atoms with Crippen LogP contribution < -0.4 is 10.6 Å². The smallest absolute Gasteiger partial charge is 0.224 e. The van der Waals surface area contributed by atoms with Crippen LogP contribution in [0.2, 0.25) is 0 Å². The van der Waals surface area contributed by atoms with Gasteiger partial charge < -0.3 is 10.6 Å². The first-order chi connectivity index (χ1) is 15.2. The monoisotopic (exact) mass is 414 g/mol. The third-order valence-corrected chi connectivity index (χ3v) is 6.95. The second-order valence-electron chi connectivity index (χ2n) is 9.07. The van der Waals surface area contributed by atoms with E-state index in [0.29, 0.717) is 17.8 Å². The predicted molar refractivity (Wildman–Crippen MR) is 124 cm³/mol. The van der Waals surface area contributed by atoms with E-state index in [4.69, 9.17) is 4.98 Å². The summed E-state index contributed by atoms with van der Waals surface area (Å²) in [5, 5.41) is 7.62. The second kappa shape index (κ2) is 8.66. The van der Waals surface area contributed by atoms with E-state index in [2.05, 4.69) is 39.9 Å². The minimum Gasteiger partial charge on any atom is -0.369 e. The normalized spacial score (nSPS) is 18.9. The number of aromatic nitrogens is 2. The van der Waals surface area contributed by atoms with Crippen molar-refractivity contribution in [3.63, 3.8) is 0 Å². The number of aryl methyl sites for hydroxylation is 1. The quantitative estimate of drug-likeness (QED) is 0.516. The van der Waals surface area contributed by atoms with E-state index >= 15 is 0 Å². The zero-order chi connectivity index (χ0) is 21.1. The van der Waals surface area contributed by atoms with Crippen LogP contribution in [-0.4, -0.2) is 22.4 Å². The lowest BCUT2D eigenvalue weighted by Gasteiger charge is -2.12. The Labute approximate surface area is 183 Å². The van der Waals surface area contributed by atoms with Crippen LogP contribution in [0.4, 0.5) is 5.82 Å². The summed E-state index contributed by atoms with van der Waals surface area (Å²) in [6.45, 7) is 1.22. The van der Waals surface area contributed by atoms with E-state index < -0.39 is 0 Å². The number of carbonyl (C=O) groups is 1. The first-order valence-corrected chi connectivity index (χ1v) is 11.5. The van der Waals surface area contributed by atoms with Gasteiger partial charge in [0.1, 0.15) is 5.82 Å². The molecule has 2 saturated carbocycles. The maximum atomic E-state index is 12.7. The Morgan fingerprint density at radius 2 is 1.77 bits per heavy atom. The zero-order valence-corrected chi connectivity index (χ0v) is 17.9. The number of hydrogen-bond acceptors (Lipinski definition) is 4. The lowest BCUT2D eigenvalue weighted by atomic mass is 10.0. The molecule has 5 rings (SSSR count). The Balaban J connectivity index is 1.22. The topological polar surface area (TPSA) is 66.9 Å². The van der Waals surface area contributed by atoms with Crippen molar-refractivity contribution in [2.24, 2.45) is 11.3 Å². The molecule has 1 aromatic heterocycles. The lowest BCUT2D eigenvalue weighted by Crippen LogP contribution is -2.27. The summed E-state index contributed by atoms with van der Waals surface area (Å²) in [5.41, 5.74) is 2.58. The fourth-order valence-corrected chi connectivity index (χ4v) is 5.12. The Bertz CT molecular complexity index is 1060. The van der Waals surface area contributed by atoms with Gasteiger partial charge in [-0.2, -0.15) is 0 Å². The standard InChI is InChI=1S/C26H30N4O/c31-25(21-17-26(21)14-6-7-15-26)28-18-23-29-22-13-5-4-12-20(22)24(30-23)27-16-8-11-19-9-2-1-3-10-19/h1-5,9-10,12-13,21H,6-8,11,14-18H2,(H,28,31)(H,27,29,30)/t21-/m1/s1. The molecule has 0 unspecified atom stereocenters. The molecule has 31 heavy (non-hydrogen) atoms. The van der Waals surface area contributed by atoms with E-state index in [0.717, 1.165) is 42.5 Å². The molecule has 2 aromatic carbocycles. The van der Waals surface area contributed by atoms with Gasteiger partial charge in [0.2, 0.25) is 5.91 Å². The number of benzene rings is 2. The van der Waals surface area contributed by atoms with Gasteiger partial charge in [0.25, 0.3) is 0 Å². The van der Waals surface area contributed by atoms with Gasteiger partial charge in [-0.3, -0.25) is 4.79 Å². The molecule has 2 aliphatic rings. The third kappa shape index (κ3) is 4.41. The van der Waals surface area contributed by atoms with Crippen LogP contribution >= 0.6 is 0 Å². The highest BCUT2D eigenvalue weighted by Gasteiger charge is 2.58. The van der Waals surface area contributed by atoms with Gasteiger partial charge in [-0.1, -0.05) is 55.3 Å². The summed E-state index contributed by atoms with van der Waals surface area (Å²) in [6, 6.07) is 18.6. The molecular formula is C26H30N4O. The maximum absolute atomic E-state index is 12.7. The number of nitrogens with zero attached hydrogens (tertiary/aromatic N) is 2. The predicted octanol–water partition coefficient (Wildman–Crippen LogP) is 4.87. The highest BCUT2D eigenvalue weighted by atomic mass is 16.2. The van der Waals surface area contributed by atoms with Crippen molar-refractivity contribution in [2.75, 3.05) is 11.9 Å².